The van der Waals surface area contributed by atoms with Gasteiger partial charge in [0.05, 0.1) is 17.5 Å². The van der Waals surface area contributed by atoms with Gasteiger partial charge < -0.3 is 4.90 Å². The quantitative estimate of drug-likeness (QED) is 0.591. The van der Waals surface area contributed by atoms with Crippen molar-refractivity contribution in [2.75, 3.05) is 16.3 Å². The summed E-state index contributed by atoms with van der Waals surface area (Å²) in [6, 6.07) is 13.8. The second-order valence-corrected chi connectivity index (χ2v) is 8.62. The number of rotatable bonds is 4. The molecule has 1 N–H and O–H groups in total. The fraction of sp³-hybridized carbons (Fsp3) is 0.292. The van der Waals surface area contributed by atoms with Gasteiger partial charge in [-0.05, 0) is 36.8 Å². The Morgan fingerprint density at radius 3 is 2.48 bits per heavy atom. The molecule has 3 heterocycles. The molecule has 2 aromatic carbocycles. The van der Waals surface area contributed by atoms with Gasteiger partial charge in [0.1, 0.15) is 5.54 Å². The molecule has 31 heavy (non-hydrogen) atoms. The summed E-state index contributed by atoms with van der Waals surface area (Å²) in [6.45, 7) is 6.07. The number of nitrogens with one attached hydrogen (secondary N) is 1. The second-order valence-electron chi connectivity index (χ2n) is 8.18. The summed E-state index contributed by atoms with van der Waals surface area (Å²) in [5.41, 5.74) is 0.701. The van der Waals surface area contributed by atoms with Crippen molar-refractivity contribution in [3.63, 3.8) is 0 Å². The minimum absolute atomic E-state index is 0.210. The Morgan fingerprint density at radius 2 is 1.81 bits per heavy atom. The van der Waals surface area contributed by atoms with E-state index in [1.54, 1.807) is 35.2 Å². The highest BCUT2D eigenvalue weighted by molar-refractivity contribution is 6.31. The number of carbonyl (C=O) groups is 3. The average Bonchev–Trinajstić information content (AvgIpc) is 3.34. The van der Waals surface area contributed by atoms with Crippen LogP contribution in [0.3, 0.4) is 0 Å². The minimum Gasteiger partial charge on any atom is -0.306 e. The van der Waals surface area contributed by atoms with Crippen molar-refractivity contribution in [1.29, 1.82) is 0 Å². The summed E-state index contributed by atoms with van der Waals surface area (Å²) in [5.74, 6) is -2.28. The van der Waals surface area contributed by atoms with Crippen LogP contribution in [-0.2, 0) is 19.9 Å². The lowest BCUT2D eigenvalue weighted by molar-refractivity contribution is -0.132. The molecule has 2 aromatic rings. The molecule has 0 aliphatic carbocycles. The summed E-state index contributed by atoms with van der Waals surface area (Å²) in [6.07, 6.45) is 2.28. The molecule has 158 valence electrons. The van der Waals surface area contributed by atoms with Gasteiger partial charge in [0.2, 0.25) is 11.8 Å². The van der Waals surface area contributed by atoms with Crippen LogP contribution in [0.25, 0.3) is 0 Å². The molecule has 6 nitrogen and oxygen atoms in total. The van der Waals surface area contributed by atoms with Crippen LogP contribution in [-0.4, -0.2) is 30.3 Å². The molecule has 3 aliphatic rings. The highest BCUT2D eigenvalue weighted by Crippen LogP contribution is 2.55. The monoisotopic (exact) mass is 435 g/mol. The summed E-state index contributed by atoms with van der Waals surface area (Å²) < 4.78 is 0. The third kappa shape index (κ3) is 2.52. The van der Waals surface area contributed by atoms with Gasteiger partial charge in [0.15, 0.2) is 0 Å². The van der Waals surface area contributed by atoms with Crippen LogP contribution >= 0.6 is 11.6 Å². The van der Waals surface area contributed by atoms with Crippen molar-refractivity contribution in [1.82, 2.24) is 5.32 Å². The Labute approximate surface area is 185 Å². The number of para-hydroxylation sites is 1. The van der Waals surface area contributed by atoms with Crippen LogP contribution in [0, 0.1) is 11.8 Å². The number of fused-ring (bicyclic) bond motifs is 4. The molecule has 2 saturated heterocycles. The number of carbonyl (C=O) groups excluding carboxylic acids is 3. The maximum absolute atomic E-state index is 13.8. The number of hydrogen-bond acceptors (Lipinski definition) is 4. The molecule has 0 radical (unpaired) electrons. The Morgan fingerprint density at radius 1 is 1.10 bits per heavy atom. The number of benzene rings is 2. The van der Waals surface area contributed by atoms with Crippen molar-refractivity contribution in [3.8, 4) is 0 Å². The molecule has 5 rings (SSSR count). The lowest BCUT2D eigenvalue weighted by Gasteiger charge is -2.30. The van der Waals surface area contributed by atoms with E-state index in [1.165, 1.54) is 4.90 Å². The fourth-order valence-electron chi connectivity index (χ4n) is 5.45. The van der Waals surface area contributed by atoms with Crippen LogP contribution in [0.4, 0.5) is 11.4 Å². The van der Waals surface area contributed by atoms with E-state index in [0.717, 1.165) is 11.3 Å². The summed E-state index contributed by atoms with van der Waals surface area (Å²) >= 11 is 6.00. The average molecular weight is 436 g/mol. The number of anilines is 2. The van der Waals surface area contributed by atoms with E-state index in [0.29, 0.717) is 23.7 Å². The normalized spacial score (nSPS) is 29.1. The highest BCUT2D eigenvalue weighted by atomic mass is 35.5. The third-order valence-electron chi connectivity index (χ3n) is 6.70. The van der Waals surface area contributed by atoms with Crippen LogP contribution in [0.2, 0.25) is 5.02 Å². The molecule has 4 atom stereocenters. The Bertz CT molecular complexity index is 1120. The predicted octanol–water partition coefficient (Wildman–Crippen LogP) is 3.26. The molecule has 3 amide bonds. The molecule has 1 spiro atoms. The largest absolute Gasteiger partial charge is 0.306 e. The van der Waals surface area contributed by atoms with Crippen LogP contribution in [0.1, 0.15) is 18.9 Å². The smallest absolute Gasteiger partial charge is 0.253 e. The second kappa shape index (κ2) is 7.04. The highest BCUT2D eigenvalue weighted by Gasteiger charge is 2.71. The van der Waals surface area contributed by atoms with E-state index in [2.05, 4.69) is 11.9 Å². The summed E-state index contributed by atoms with van der Waals surface area (Å²) in [7, 11) is 0. The van der Waals surface area contributed by atoms with Gasteiger partial charge in [-0.1, -0.05) is 42.8 Å². The lowest BCUT2D eigenvalue weighted by atomic mass is 9.76. The summed E-state index contributed by atoms with van der Waals surface area (Å²) in [4.78, 5) is 44.0. The SMILES string of the molecule is C=CCN1C(=O)[C@]2(N[C@H](CC)[C@@H]3C(=O)N(c4ccc(Cl)cc4)C(=O)[C@@H]32)c2ccccc21. The number of nitrogens with zero attached hydrogens (tertiary/aromatic N) is 2. The van der Waals surface area contributed by atoms with Gasteiger partial charge in [-0.3, -0.25) is 19.7 Å². The molecule has 2 fully saturated rings. The minimum atomic E-state index is -1.27. The van der Waals surface area contributed by atoms with Crippen molar-refractivity contribution in [3.05, 3.63) is 71.8 Å². The van der Waals surface area contributed by atoms with Gasteiger partial charge in [-0.2, -0.15) is 0 Å². The van der Waals surface area contributed by atoms with Crippen molar-refractivity contribution >= 4 is 40.7 Å². The van der Waals surface area contributed by atoms with E-state index >= 15 is 0 Å². The van der Waals surface area contributed by atoms with Crippen molar-refractivity contribution in [2.24, 2.45) is 11.8 Å². The maximum Gasteiger partial charge on any atom is 0.253 e. The van der Waals surface area contributed by atoms with Crippen LogP contribution < -0.4 is 15.1 Å². The first-order valence-electron chi connectivity index (χ1n) is 10.4. The van der Waals surface area contributed by atoms with Crippen LogP contribution in [0.15, 0.2) is 61.2 Å². The van der Waals surface area contributed by atoms with Gasteiger partial charge in [0, 0.05) is 28.9 Å². The fourth-order valence-corrected chi connectivity index (χ4v) is 5.58. The Balaban J connectivity index is 1.68. The molecule has 7 heteroatoms. The number of halogens is 1. The van der Waals surface area contributed by atoms with E-state index in [4.69, 9.17) is 11.6 Å². The maximum atomic E-state index is 13.8. The first kappa shape index (κ1) is 20.0. The molecule has 0 unspecified atom stereocenters. The van der Waals surface area contributed by atoms with Crippen LogP contribution in [0.5, 0.6) is 0 Å². The first-order valence-corrected chi connectivity index (χ1v) is 10.8. The summed E-state index contributed by atoms with van der Waals surface area (Å²) in [5, 5.41) is 3.96. The molecular formula is C24H22ClN3O3. The van der Waals surface area contributed by atoms with Gasteiger partial charge in [0.25, 0.3) is 5.91 Å². The zero-order valence-corrected chi connectivity index (χ0v) is 17.8. The van der Waals surface area contributed by atoms with E-state index in [1.807, 2.05) is 31.2 Å². The van der Waals surface area contributed by atoms with E-state index in [-0.39, 0.29) is 23.8 Å². The zero-order valence-electron chi connectivity index (χ0n) is 17.0. The van der Waals surface area contributed by atoms with Gasteiger partial charge in [-0.15, -0.1) is 6.58 Å². The molecule has 0 saturated carbocycles. The predicted molar refractivity (Wildman–Crippen MR) is 119 cm³/mol. The van der Waals surface area contributed by atoms with E-state index in [9.17, 15) is 14.4 Å². The lowest BCUT2D eigenvalue weighted by Crippen LogP contribution is -2.55. The molecular weight excluding hydrogens is 414 g/mol. The zero-order chi connectivity index (χ0) is 21.9. The molecule has 3 aliphatic heterocycles. The van der Waals surface area contributed by atoms with E-state index < -0.39 is 17.4 Å². The van der Waals surface area contributed by atoms with Crippen molar-refractivity contribution in [2.45, 2.75) is 24.9 Å². The number of imide groups is 1. The Kier molecular flexibility index (Phi) is 4.53. The van der Waals surface area contributed by atoms with Gasteiger partial charge in [-0.25, -0.2) is 4.90 Å². The Hall–Kier alpha value is -2.96. The third-order valence-corrected chi connectivity index (χ3v) is 6.95. The van der Waals surface area contributed by atoms with Crippen molar-refractivity contribution < 1.29 is 14.4 Å². The molecule has 0 aromatic heterocycles. The van der Waals surface area contributed by atoms with Gasteiger partial charge >= 0.3 is 0 Å². The standard InChI is InChI=1S/C24H22ClN3O3/c1-3-13-27-18-8-6-5-7-16(18)24(23(27)31)20-19(17(4-2)26-24)21(29)28(22(20)30)15-11-9-14(25)10-12-15/h3,5-12,17,19-20,26H,1,4,13H2,2H3/t17-,19+,20-,24+/m1/s1. The number of hydrogen-bond donors (Lipinski definition) is 1. The first-order chi connectivity index (χ1) is 15.0. The molecule has 0 bridgehead atoms. The number of amides is 3. The topological polar surface area (TPSA) is 69.7 Å².